The average molecular weight is 249 g/mol. The molecule has 19 heavy (non-hydrogen) atoms. The van der Waals surface area contributed by atoms with Crippen molar-refractivity contribution in [3.63, 3.8) is 0 Å². The lowest BCUT2D eigenvalue weighted by molar-refractivity contribution is 0.612. The van der Waals surface area contributed by atoms with Crippen molar-refractivity contribution in [1.82, 2.24) is 15.0 Å². The largest absolute Gasteiger partial charge is 0.239 e. The van der Waals surface area contributed by atoms with Crippen molar-refractivity contribution < 1.29 is 4.39 Å². The van der Waals surface area contributed by atoms with E-state index in [0.29, 0.717) is 5.69 Å². The molecule has 0 saturated heterocycles. The molecule has 0 aliphatic rings. The third kappa shape index (κ3) is 2.55. The van der Waals surface area contributed by atoms with Crippen LogP contribution in [0.3, 0.4) is 0 Å². The summed E-state index contributed by atoms with van der Waals surface area (Å²) < 4.78 is 12.6. The fraction of sp³-hybridized carbons (Fsp3) is 0. The number of benzene rings is 1. The van der Waals surface area contributed by atoms with Gasteiger partial charge in [0.05, 0.1) is 17.9 Å². The van der Waals surface area contributed by atoms with E-state index in [4.69, 9.17) is 0 Å². The zero-order chi connectivity index (χ0) is 13.1. The first-order valence-corrected chi connectivity index (χ1v) is 5.67. The topological polar surface area (TPSA) is 38.7 Å². The first-order chi connectivity index (χ1) is 9.31. The number of aromatic nitrogens is 3. The Hall–Kier alpha value is -2.80. The van der Waals surface area contributed by atoms with Crippen LogP contribution in [0.4, 0.5) is 4.39 Å². The predicted octanol–water partition coefficient (Wildman–Crippen LogP) is 2.56. The molecule has 2 aromatic heterocycles. The molecule has 3 aromatic rings. The minimum atomic E-state index is -0.477. The molecule has 0 spiro atoms. The first kappa shape index (κ1) is 11.3. The Labute approximate surface area is 109 Å². The maximum atomic E-state index is 12.6. The number of hydrogen-bond donors (Lipinski definition) is 0. The van der Waals surface area contributed by atoms with Gasteiger partial charge in [0, 0.05) is 5.39 Å². The Bertz CT molecular complexity index is 786. The first-order valence-electron chi connectivity index (χ1n) is 5.67. The van der Waals surface area contributed by atoms with Gasteiger partial charge in [-0.1, -0.05) is 24.3 Å². The van der Waals surface area contributed by atoms with Crippen LogP contribution in [0, 0.1) is 17.7 Å². The van der Waals surface area contributed by atoms with Gasteiger partial charge in [0.25, 0.3) is 0 Å². The van der Waals surface area contributed by atoms with E-state index in [-0.39, 0.29) is 5.82 Å². The molecule has 0 unspecified atom stereocenters. The van der Waals surface area contributed by atoms with Gasteiger partial charge in [0.15, 0.2) is 5.82 Å². The van der Waals surface area contributed by atoms with Crippen LogP contribution in [0.25, 0.3) is 10.9 Å². The molecule has 4 heteroatoms. The number of rotatable bonds is 0. The van der Waals surface area contributed by atoms with Crippen LogP contribution in [-0.4, -0.2) is 15.0 Å². The SMILES string of the molecule is Fc1cnc(C#Cc2ccc3ccccc3n2)nc1. The molecule has 0 atom stereocenters. The Morgan fingerprint density at radius 3 is 2.53 bits per heavy atom. The Kier molecular flexibility index (Phi) is 2.87. The summed E-state index contributed by atoms with van der Waals surface area (Å²) in [7, 11) is 0. The van der Waals surface area contributed by atoms with Crippen molar-refractivity contribution in [2.24, 2.45) is 0 Å². The molecule has 0 fully saturated rings. The molecule has 0 aliphatic carbocycles. The smallest absolute Gasteiger partial charge is 0.205 e. The van der Waals surface area contributed by atoms with Gasteiger partial charge in [-0.25, -0.2) is 19.3 Å². The van der Waals surface area contributed by atoms with E-state index in [1.54, 1.807) is 0 Å². The van der Waals surface area contributed by atoms with E-state index in [1.165, 1.54) is 0 Å². The minimum absolute atomic E-state index is 0.274. The summed E-state index contributed by atoms with van der Waals surface area (Å²) in [6.07, 6.45) is 2.18. The van der Waals surface area contributed by atoms with E-state index >= 15 is 0 Å². The minimum Gasteiger partial charge on any atom is -0.239 e. The van der Waals surface area contributed by atoms with Gasteiger partial charge in [-0.05, 0) is 24.0 Å². The molecule has 90 valence electrons. The number of hydrogen-bond acceptors (Lipinski definition) is 3. The second-order valence-corrected chi connectivity index (χ2v) is 3.86. The number of nitrogens with zero attached hydrogens (tertiary/aromatic N) is 3. The summed E-state index contributed by atoms with van der Waals surface area (Å²) >= 11 is 0. The number of para-hydroxylation sites is 1. The second-order valence-electron chi connectivity index (χ2n) is 3.86. The third-order valence-corrected chi connectivity index (χ3v) is 2.52. The predicted molar refractivity (Wildman–Crippen MR) is 69.7 cm³/mol. The van der Waals surface area contributed by atoms with Crippen LogP contribution in [0.2, 0.25) is 0 Å². The molecule has 0 bridgehead atoms. The number of pyridine rings is 1. The van der Waals surface area contributed by atoms with Gasteiger partial charge in [0.2, 0.25) is 5.82 Å². The number of fused-ring (bicyclic) bond motifs is 1. The highest BCUT2D eigenvalue weighted by Gasteiger charge is 1.95. The molecule has 1 aromatic carbocycles. The molecular formula is C15H8FN3. The maximum absolute atomic E-state index is 12.6. The lowest BCUT2D eigenvalue weighted by Crippen LogP contribution is -1.89. The molecule has 3 nitrogen and oxygen atoms in total. The molecule has 3 rings (SSSR count). The van der Waals surface area contributed by atoms with E-state index in [9.17, 15) is 4.39 Å². The van der Waals surface area contributed by atoms with Gasteiger partial charge in [-0.2, -0.15) is 0 Å². The van der Waals surface area contributed by atoms with Crippen molar-refractivity contribution in [3.05, 3.63) is 66.1 Å². The zero-order valence-electron chi connectivity index (χ0n) is 9.84. The third-order valence-electron chi connectivity index (χ3n) is 2.52. The fourth-order valence-electron chi connectivity index (χ4n) is 1.63. The fourth-order valence-corrected chi connectivity index (χ4v) is 1.63. The molecule has 0 N–H and O–H groups in total. The van der Waals surface area contributed by atoms with Crippen molar-refractivity contribution in [2.75, 3.05) is 0 Å². The van der Waals surface area contributed by atoms with E-state index in [2.05, 4.69) is 26.8 Å². The molecular weight excluding hydrogens is 241 g/mol. The Balaban J connectivity index is 1.95. The van der Waals surface area contributed by atoms with Crippen LogP contribution in [0.1, 0.15) is 11.5 Å². The number of halogens is 1. The Morgan fingerprint density at radius 1 is 0.895 bits per heavy atom. The van der Waals surface area contributed by atoms with Gasteiger partial charge < -0.3 is 0 Å². The van der Waals surface area contributed by atoms with Crippen LogP contribution in [0.5, 0.6) is 0 Å². The van der Waals surface area contributed by atoms with Crippen LogP contribution >= 0.6 is 0 Å². The van der Waals surface area contributed by atoms with Crippen LogP contribution in [-0.2, 0) is 0 Å². The molecule has 0 radical (unpaired) electrons. The normalized spacial score (nSPS) is 9.95. The molecule has 0 saturated carbocycles. The van der Waals surface area contributed by atoms with Crippen molar-refractivity contribution in [1.29, 1.82) is 0 Å². The van der Waals surface area contributed by atoms with Crippen LogP contribution in [0.15, 0.2) is 48.8 Å². The second kappa shape index (κ2) is 4.83. The van der Waals surface area contributed by atoms with Crippen molar-refractivity contribution in [3.8, 4) is 11.8 Å². The van der Waals surface area contributed by atoms with Gasteiger partial charge in [-0.3, -0.25) is 0 Å². The Morgan fingerprint density at radius 2 is 1.68 bits per heavy atom. The molecule has 0 amide bonds. The average Bonchev–Trinajstić information content (AvgIpc) is 2.46. The summed E-state index contributed by atoms with van der Waals surface area (Å²) in [5, 5.41) is 1.06. The lowest BCUT2D eigenvalue weighted by atomic mass is 10.2. The molecule has 2 heterocycles. The summed E-state index contributed by atoms with van der Waals surface area (Å²) in [4.78, 5) is 11.9. The van der Waals surface area contributed by atoms with Crippen molar-refractivity contribution in [2.45, 2.75) is 0 Å². The van der Waals surface area contributed by atoms with E-state index in [1.807, 2.05) is 36.4 Å². The van der Waals surface area contributed by atoms with E-state index < -0.39 is 5.82 Å². The summed E-state index contributed by atoms with van der Waals surface area (Å²) in [6, 6.07) is 11.6. The standard InChI is InChI=1S/C15H8FN3/c16-12-9-17-15(18-10-12)8-7-13-6-5-11-3-1-2-4-14(11)19-13/h1-6,9-10H. The summed E-state index contributed by atoms with van der Waals surface area (Å²) in [5.74, 6) is 5.41. The van der Waals surface area contributed by atoms with Gasteiger partial charge >= 0.3 is 0 Å². The van der Waals surface area contributed by atoms with E-state index in [0.717, 1.165) is 23.3 Å². The molecule has 0 aliphatic heterocycles. The summed E-state index contributed by atoms with van der Waals surface area (Å²) in [6.45, 7) is 0. The monoisotopic (exact) mass is 249 g/mol. The van der Waals surface area contributed by atoms with Gasteiger partial charge in [-0.15, -0.1) is 0 Å². The van der Waals surface area contributed by atoms with Crippen LogP contribution < -0.4 is 0 Å². The summed E-state index contributed by atoms with van der Waals surface area (Å²) in [5.41, 5.74) is 1.51. The highest BCUT2D eigenvalue weighted by Crippen LogP contribution is 2.11. The van der Waals surface area contributed by atoms with Gasteiger partial charge in [0.1, 0.15) is 5.69 Å². The maximum Gasteiger partial charge on any atom is 0.205 e. The quantitative estimate of drug-likeness (QED) is 0.575. The van der Waals surface area contributed by atoms with Crippen molar-refractivity contribution >= 4 is 10.9 Å². The highest BCUT2D eigenvalue weighted by molar-refractivity contribution is 5.78. The zero-order valence-corrected chi connectivity index (χ0v) is 9.84. The lowest BCUT2D eigenvalue weighted by Gasteiger charge is -1.96. The highest BCUT2D eigenvalue weighted by atomic mass is 19.1.